The zero-order valence-corrected chi connectivity index (χ0v) is 12.1. The minimum atomic E-state index is 0.197. The topological polar surface area (TPSA) is 29.5 Å². The van der Waals surface area contributed by atoms with Crippen LogP contribution in [0.4, 0.5) is 0 Å². The molecule has 0 amide bonds. The van der Waals surface area contributed by atoms with Crippen LogP contribution in [0.2, 0.25) is 0 Å². The molecule has 1 aromatic rings. The molecule has 0 bridgehead atoms. The van der Waals surface area contributed by atoms with E-state index >= 15 is 0 Å². The predicted octanol–water partition coefficient (Wildman–Crippen LogP) is 3.14. The summed E-state index contributed by atoms with van der Waals surface area (Å²) in [5.74, 6) is 0.986. The molecular formula is C16H23NO2. The monoisotopic (exact) mass is 261 g/mol. The third-order valence-electron chi connectivity index (χ3n) is 4.11. The van der Waals surface area contributed by atoms with E-state index in [1.54, 1.807) is 7.11 Å². The van der Waals surface area contributed by atoms with Crippen molar-refractivity contribution in [1.82, 2.24) is 4.90 Å². The van der Waals surface area contributed by atoms with Crippen LogP contribution >= 0.6 is 0 Å². The van der Waals surface area contributed by atoms with Crippen molar-refractivity contribution in [2.24, 2.45) is 0 Å². The summed E-state index contributed by atoms with van der Waals surface area (Å²) in [7, 11) is 1.63. The number of ether oxygens (including phenoxy) is 1. The maximum atomic E-state index is 12.3. The van der Waals surface area contributed by atoms with Crippen LogP contribution in [0.25, 0.3) is 0 Å². The van der Waals surface area contributed by atoms with Gasteiger partial charge in [-0.2, -0.15) is 0 Å². The van der Waals surface area contributed by atoms with Crippen molar-refractivity contribution in [3.8, 4) is 5.75 Å². The summed E-state index contributed by atoms with van der Waals surface area (Å²) in [6, 6.07) is 8.39. The normalized spacial score (nSPS) is 24.2. The minimum absolute atomic E-state index is 0.197. The van der Waals surface area contributed by atoms with Crippen molar-refractivity contribution in [3.05, 3.63) is 29.8 Å². The highest BCUT2D eigenvalue weighted by atomic mass is 16.5. The molecule has 0 radical (unpaired) electrons. The Labute approximate surface area is 115 Å². The van der Waals surface area contributed by atoms with Crippen LogP contribution in [0, 0.1) is 0 Å². The summed E-state index contributed by atoms with van der Waals surface area (Å²) in [6.45, 7) is 4.96. The number of nitrogens with zero attached hydrogens (tertiary/aromatic N) is 1. The van der Waals surface area contributed by atoms with Gasteiger partial charge in [0.2, 0.25) is 0 Å². The Kier molecular flexibility index (Phi) is 4.59. The highest BCUT2D eigenvalue weighted by molar-refractivity contribution is 5.97. The summed E-state index contributed by atoms with van der Waals surface area (Å²) in [6.07, 6.45) is 3.66. The second kappa shape index (κ2) is 6.20. The van der Waals surface area contributed by atoms with Gasteiger partial charge in [-0.1, -0.05) is 6.42 Å². The molecule has 0 spiro atoms. The molecule has 2 rings (SSSR count). The summed E-state index contributed by atoms with van der Waals surface area (Å²) in [5.41, 5.74) is 0.769. The molecule has 1 fully saturated rings. The molecule has 0 aromatic heterocycles. The van der Waals surface area contributed by atoms with Crippen LogP contribution in [-0.2, 0) is 0 Å². The van der Waals surface area contributed by atoms with E-state index in [1.165, 1.54) is 19.3 Å². The lowest BCUT2D eigenvalue weighted by Gasteiger charge is -2.38. The quantitative estimate of drug-likeness (QED) is 0.780. The number of ketones is 1. The van der Waals surface area contributed by atoms with Gasteiger partial charge in [-0.05, 0) is 51.0 Å². The van der Waals surface area contributed by atoms with Crippen molar-refractivity contribution in [1.29, 1.82) is 0 Å². The molecule has 2 atom stereocenters. The number of hydrogen-bond donors (Lipinski definition) is 0. The van der Waals surface area contributed by atoms with Crippen LogP contribution < -0.4 is 4.74 Å². The molecule has 19 heavy (non-hydrogen) atoms. The highest BCUT2D eigenvalue weighted by Crippen LogP contribution is 2.23. The second-order valence-electron chi connectivity index (χ2n) is 5.45. The average Bonchev–Trinajstić information content (AvgIpc) is 2.43. The van der Waals surface area contributed by atoms with E-state index in [0.29, 0.717) is 18.6 Å². The molecule has 0 N–H and O–H groups in total. The van der Waals surface area contributed by atoms with Gasteiger partial charge in [0.05, 0.1) is 13.7 Å². The molecule has 3 heteroatoms. The molecule has 0 saturated carbocycles. The third kappa shape index (κ3) is 3.35. The zero-order chi connectivity index (χ0) is 13.8. The van der Waals surface area contributed by atoms with Crippen LogP contribution in [0.15, 0.2) is 24.3 Å². The molecule has 1 saturated heterocycles. The molecular weight excluding hydrogens is 238 g/mol. The number of benzene rings is 1. The summed E-state index contributed by atoms with van der Waals surface area (Å²) in [5, 5.41) is 0. The first-order valence-electron chi connectivity index (χ1n) is 7.05. The molecule has 0 aliphatic carbocycles. The molecule has 1 heterocycles. The fourth-order valence-corrected chi connectivity index (χ4v) is 2.82. The Balaban J connectivity index is 2.02. The largest absolute Gasteiger partial charge is 0.497 e. The summed E-state index contributed by atoms with van der Waals surface area (Å²) >= 11 is 0. The van der Waals surface area contributed by atoms with Crippen LogP contribution in [-0.4, -0.2) is 36.4 Å². The first-order valence-corrected chi connectivity index (χ1v) is 7.05. The zero-order valence-electron chi connectivity index (χ0n) is 12.1. The van der Waals surface area contributed by atoms with E-state index in [9.17, 15) is 4.79 Å². The molecule has 104 valence electrons. The first-order chi connectivity index (χ1) is 9.11. The van der Waals surface area contributed by atoms with E-state index in [0.717, 1.165) is 11.3 Å². The van der Waals surface area contributed by atoms with Crippen molar-refractivity contribution in [3.63, 3.8) is 0 Å². The third-order valence-corrected chi connectivity index (χ3v) is 4.11. The number of likely N-dealkylation sites (tertiary alicyclic amines) is 1. The van der Waals surface area contributed by atoms with Crippen LogP contribution in [0.1, 0.15) is 43.5 Å². The maximum absolute atomic E-state index is 12.3. The van der Waals surface area contributed by atoms with Gasteiger partial charge < -0.3 is 4.74 Å². The number of piperidine rings is 1. The lowest BCUT2D eigenvalue weighted by Crippen LogP contribution is -2.46. The maximum Gasteiger partial charge on any atom is 0.176 e. The molecule has 1 aliphatic rings. The van der Waals surface area contributed by atoms with Gasteiger partial charge in [-0.15, -0.1) is 0 Å². The van der Waals surface area contributed by atoms with E-state index in [-0.39, 0.29) is 5.78 Å². The fourth-order valence-electron chi connectivity index (χ4n) is 2.82. The fraction of sp³-hybridized carbons (Fsp3) is 0.562. The second-order valence-corrected chi connectivity index (χ2v) is 5.45. The van der Waals surface area contributed by atoms with Crippen molar-refractivity contribution in [2.45, 2.75) is 45.2 Å². The van der Waals surface area contributed by atoms with Gasteiger partial charge in [0.25, 0.3) is 0 Å². The molecule has 1 aliphatic heterocycles. The SMILES string of the molecule is COc1ccc(C(=O)CN2[C@@H](C)CCC[C@@H]2C)cc1. The standard InChI is InChI=1S/C16H23NO2/c1-12-5-4-6-13(2)17(12)11-16(18)14-7-9-15(19-3)10-8-14/h7-10,12-13H,4-6,11H2,1-3H3/t12-,13-/m0/s1. The summed E-state index contributed by atoms with van der Waals surface area (Å²) in [4.78, 5) is 14.7. The average molecular weight is 261 g/mol. The van der Waals surface area contributed by atoms with Crippen molar-refractivity contribution in [2.75, 3.05) is 13.7 Å². The first kappa shape index (κ1) is 14.1. The molecule has 0 unspecified atom stereocenters. The molecule has 1 aromatic carbocycles. The number of Topliss-reactive ketones (excluding diaryl/α,β-unsaturated/α-hetero) is 1. The van der Waals surface area contributed by atoms with E-state index < -0.39 is 0 Å². The number of carbonyl (C=O) groups excluding carboxylic acids is 1. The van der Waals surface area contributed by atoms with E-state index in [2.05, 4.69) is 18.7 Å². The van der Waals surface area contributed by atoms with Gasteiger partial charge in [0.15, 0.2) is 5.78 Å². The number of rotatable bonds is 4. The van der Waals surface area contributed by atoms with Gasteiger partial charge in [-0.3, -0.25) is 9.69 Å². The van der Waals surface area contributed by atoms with Crippen molar-refractivity contribution < 1.29 is 9.53 Å². The van der Waals surface area contributed by atoms with Gasteiger partial charge in [0, 0.05) is 17.6 Å². The lowest BCUT2D eigenvalue weighted by molar-refractivity contribution is 0.0734. The van der Waals surface area contributed by atoms with Gasteiger partial charge in [-0.25, -0.2) is 0 Å². The minimum Gasteiger partial charge on any atom is -0.497 e. The Morgan fingerprint density at radius 1 is 1.21 bits per heavy atom. The number of hydrogen-bond acceptors (Lipinski definition) is 3. The van der Waals surface area contributed by atoms with E-state index in [4.69, 9.17) is 4.74 Å². The van der Waals surface area contributed by atoms with E-state index in [1.807, 2.05) is 24.3 Å². The smallest absolute Gasteiger partial charge is 0.176 e. The lowest BCUT2D eigenvalue weighted by atomic mass is 9.96. The number of carbonyl (C=O) groups is 1. The number of methoxy groups -OCH3 is 1. The van der Waals surface area contributed by atoms with Gasteiger partial charge in [0.1, 0.15) is 5.75 Å². The Bertz CT molecular complexity index is 417. The summed E-state index contributed by atoms with van der Waals surface area (Å²) < 4.78 is 5.11. The van der Waals surface area contributed by atoms with Crippen molar-refractivity contribution >= 4 is 5.78 Å². The van der Waals surface area contributed by atoms with Gasteiger partial charge >= 0.3 is 0 Å². The predicted molar refractivity (Wildman–Crippen MR) is 76.8 cm³/mol. The van der Waals surface area contributed by atoms with Crippen LogP contribution in [0.5, 0.6) is 5.75 Å². The molecule has 3 nitrogen and oxygen atoms in total. The van der Waals surface area contributed by atoms with Crippen LogP contribution in [0.3, 0.4) is 0 Å². The Hall–Kier alpha value is -1.35. The highest BCUT2D eigenvalue weighted by Gasteiger charge is 2.26. The Morgan fingerprint density at radius 3 is 2.32 bits per heavy atom. The Morgan fingerprint density at radius 2 is 1.79 bits per heavy atom.